The molecule has 1 heterocycles. The van der Waals surface area contributed by atoms with Crippen molar-refractivity contribution >= 4 is 17.7 Å². The van der Waals surface area contributed by atoms with E-state index in [0.717, 1.165) is 48.2 Å². The number of carboxylic acid groups (broad SMARTS) is 1. The third-order valence-electron chi connectivity index (χ3n) is 6.51. The molecule has 32 heavy (non-hydrogen) atoms. The Hall–Kier alpha value is -3.02. The van der Waals surface area contributed by atoms with Gasteiger partial charge in [-0.1, -0.05) is 30.3 Å². The summed E-state index contributed by atoms with van der Waals surface area (Å²) in [6.07, 6.45) is 4.38. The average Bonchev–Trinajstić information content (AvgIpc) is 2.78. The predicted molar refractivity (Wildman–Crippen MR) is 125 cm³/mol. The maximum atomic E-state index is 12.5. The minimum Gasteiger partial charge on any atom is -0.490 e. The number of nitrogens with one attached hydrogen (secondary N) is 1. The van der Waals surface area contributed by atoms with Crippen LogP contribution in [0, 0.1) is 5.92 Å². The maximum Gasteiger partial charge on any atom is 0.322 e. The normalized spacial score (nSPS) is 20.4. The fraction of sp³-hybridized carbons (Fsp3) is 0.462. The van der Waals surface area contributed by atoms with Crippen LogP contribution in [-0.4, -0.2) is 36.3 Å². The number of fused-ring (bicyclic) bond motifs is 1. The molecule has 0 radical (unpaired) electrons. The number of hydrogen-bond donors (Lipinski definition) is 2. The first-order chi connectivity index (χ1) is 15.4. The minimum absolute atomic E-state index is 0.0822. The molecule has 0 saturated heterocycles. The summed E-state index contributed by atoms with van der Waals surface area (Å²) in [5.41, 5.74) is 4.30. The van der Waals surface area contributed by atoms with Gasteiger partial charge in [-0.15, -0.1) is 0 Å². The number of hydrogen-bond acceptors (Lipinski definition) is 3. The Kier molecular flexibility index (Phi) is 6.68. The zero-order valence-corrected chi connectivity index (χ0v) is 18.8. The van der Waals surface area contributed by atoms with E-state index in [9.17, 15) is 9.59 Å². The molecule has 0 atom stereocenters. The Bertz CT molecular complexity index is 962. The molecule has 0 spiro atoms. The van der Waals surface area contributed by atoms with Crippen molar-refractivity contribution in [3.8, 4) is 16.9 Å². The van der Waals surface area contributed by atoms with Gasteiger partial charge in [0.1, 0.15) is 12.4 Å². The lowest BCUT2D eigenvalue weighted by Gasteiger charge is -2.30. The van der Waals surface area contributed by atoms with Crippen molar-refractivity contribution in [3.05, 3.63) is 48.0 Å². The highest BCUT2D eigenvalue weighted by molar-refractivity contribution is 5.94. The summed E-state index contributed by atoms with van der Waals surface area (Å²) in [6.45, 7) is 4.92. The van der Waals surface area contributed by atoms with Crippen LogP contribution in [0.25, 0.3) is 11.1 Å². The molecule has 1 fully saturated rings. The molecule has 2 aliphatic rings. The smallest absolute Gasteiger partial charge is 0.322 e. The van der Waals surface area contributed by atoms with Gasteiger partial charge in [0, 0.05) is 12.5 Å². The summed E-state index contributed by atoms with van der Waals surface area (Å²) in [7, 11) is 0. The van der Waals surface area contributed by atoms with Gasteiger partial charge in [-0.2, -0.15) is 0 Å². The number of nitrogens with zero attached hydrogens (tertiary/aromatic N) is 1. The lowest BCUT2D eigenvalue weighted by atomic mass is 9.77. The first-order valence-corrected chi connectivity index (χ1v) is 11.6. The van der Waals surface area contributed by atoms with E-state index in [1.54, 1.807) is 4.90 Å². The number of carbonyl (C=O) groups excluding carboxylic acids is 1. The van der Waals surface area contributed by atoms with Gasteiger partial charge in [0.05, 0.1) is 12.2 Å². The van der Waals surface area contributed by atoms with Crippen LogP contribution in [0.3, 0.4) is 0 Å². The fourth-order valence-corrected chi connectivity index (χ4v) is 4.83. The Morgan fingerprint density at radius 2 is 1.75 bits per heavy atom. The van der Waals surface area contributed by atoms with E-state index in [0.29, 0.717) is 31.4 Å². The van der Waals surface area contributed by atoms with Crippen LogP contribution < -0.4 is 15.0 Å². The molecule has 4 rings (SSSR count). The molecule has 1 aliphatic heterocycles. The van der Waals surface area contributed by atoms with Crippen LogP contribution in [0.15, 0.2) is 42.5 Å². The van der Waals surface area contributed by atoms with Gasteiger partial charge in [0.15, 0.2) is 0 Å². The van der Waals surface area contributed by atoms with E-state index in [1.165, 1.54) is 5.56 Å². The second kappa shape index (κ2) is 9.63. The monoisotopic (exact) mass is 436 g/mol. The van der Waals surface area contributed by atoms with Gasteiger partial charge < -0.3 is 15.2 Å². The third kappa shape index (κ3) is 5.06. The molecule has 170 valence electrons. The van der Waals surface area contributed by atoms with E-state index in [4.69, 9.17) is 9.84 Å². The number of rotatable bonds is 5. The topological polar surface area (TPSA) is 78.9 Å². The number of benzene rings is 2. The van der Waals surface area contributed by atoms with Crippen molar-refractivity contribution in [2.75, 3.05) is 18.1 Å². The van der Waals surface area contributed by atoms with Crippen molar-refractivity contribution in [1.29, 1.82) is 0 Å². The zero-order valence-electron chi connectivity index (χ0n) is 18.8. The summed E-state index contributed by atoms with van der Waals surface area (Å²) >= 11 is 0. The Labute approximate surface area is 189 Å². The highest BCUT2D eigenvalue weighted by atomic mass is 16.5. The lowest BCUT2D eigenvalue weighted by molar-refractivity contribution is -0.138. The summed E-state index contributed by atoms with van der Waals surface area (Å²) in [5, 5.41) is 12.0. The van der Waals surface area contributed by atoms with Crippen molar-refractivity contribution in [3.63, 3.8) is 0 Å². The summed E-state index contributed by atoms with van der Waals surface area (Å²) in [4.78, 5) is 25.2. The number of carboxylic acids is 1. The summed E-state index contributed by atoms with van der Waals surface area (Å²) < 4.78 is 5.86. The van der Waals surface area contributed by atoms with Crippen molar-refractivity contribution in [2.24, 2.45) is 5.92 Å². The van der Waals surface area contributed by atoms with E-state index in [1.807, 2.05) is 32.0 Å². The molecule has 2 aromatic rings. The number of anilines is 1. The molecule has 1 aliphatic carbocycles. The lowest BCUT2D eigenvalue weighted by Crippen LogP contribution is -2.46. The standard InChI is InChI=1S/C26H32N2O4/c1-17(2)27-26(31)28-13-14-32-24-16-22(11-12-23(24)28)21-9-7-20(8-10-21)19-5-3-18(4-6-19)15-25(29)30/h7-12,16-19H,3-6,13-15H2,1-2H3,(H,27,31)(H,29,30). The van der Waals surface area contributed by atoms with Crippen LogP contribution in [0.5, 0.6) is 5.75 Å². The number of ether oxygens (including phenoxy) is 1. The van der Waals surface area contributed by atoms with Crippen LogP contribution >= 0.6 is 0 Å². The summed E-state index contributed by atoms with van der Waals surface area (Å²) in [6, 6.07) is 14.7. The van der Waals surface area contributed by atoms with E-state index in [-0.39, 0.29) is 12.1 Å². The van der Waals surface area contributed by atoms with Gasteiger partial charge in [-0.05, 0) is 80.2 Å². The molecular formula is C26H32N2O4. The first kappa shape index (κ1) is 22.2. The molecule has 6 heteroatoms. The Balaban J connectivity index is 1.45. The largest absolute Gasteiger partial charge is 0.490 e. The van der Waals surface area contributed by atoms with Gasteiger partial charge in [0.2, 0.25) is 0 Å². The van der Waals surface area contributed by atoms with E-state index < -0.39 is 5.97 Å². The molecular weight excluding hydrogens is 404 g/mol. The minimum atomic E-state index is -0.685. The number of carbonyl (C=O) groups is 2. The highest BCUT2D eigenvalue weighted by Gasteiger charge is 2.25. The van der Waals surface area contributed by atoms with Crippen molar-refractivity contribution in [1.82, 2.24) is 5.32 Å². The van der Waals surface area contributed by atoms with Gasteiger partial charge in [-0.25, -0.2) is 4.79 Å². The van der Waals surface area contributed by atoms with Crippen LogP contribution in [0.4, 0.5) is 10.5 Å². The molecule has 2 amide bonds. The highest BCUT2D eigenvalue weighted by Crippen LogP contribution is 2.39. The van der Waals surface area contributed by atoms with Crippen molar-refractivity contribution in [2.45, 2.75) is 57.9 Å². The van der Waals surface area contributed by atoms with Gasteiger partial charge in [0.25, 0.3) is 0 Å². The predicted octanol–water partition coefficient (Wildman–Crippen LogP) is 5.42. The first-order valence-electron chi connectivity index (χ1n) is 11.6. The van der Waals surface area contributed by atoms with Crippen LogP contribution in [0.1, 0.15) is 57.4 Å². The molecule has 0 aromatic heterocycles. The third-order valence-corrected chi connectivity index (χ3v) is 6.51. The van der Waals surface area contributed by atoms with Gasteiger partial charge >= 0.3 is 12.0 Å². The molecule has 0 bridgehead atoms. The maximum absolute atomic E-state index is 12.5. The zero-order chi connectivity index (χ0) is 22.7. The molecule has 6 nitrogen and oxygen atoms in total. The fourth-order valence-electron chi connectivity index (χ4n) is 4.83. The Morgan fingerprint density at radius 3 is 2.41 bits per heavy atom. The quantitative estimate of drug-likeness (QED) is 0.656. The second-order valence-electron chi connectivity index (χ2n) is 9.22. The second-order valence-corrected chi connectivity index (χ2v) is 9.22. The van der Waals surface area contributed by atoms with Crippen LogP contribution in [0.2, 0.25) is 0 Å². The summed E-state index contributed by atoms with van der Waals surface area (Å²) in [5.74, 6) is 0.874. The Morgan fingerprint density at radius 1 is 1.06 bits per heavy atom. The van der Waals surface area contributed by atoms with E-state index in [2.05, 4.69) is 29.6 Å². The van der Waals surface area contributed by atoms with Gasteiger partial charge in [-0.3, -0.25) is 9.69 Å². The molecule has 1 saturated carbocycles. The molecule has 0 unspecified atom stereocenters. The SMILES string of the molecule is CC(C)NC(=O)N1CCOc2cc(-c3ccc(C4CCC(CC(=O)O)CC4)cc3)ccc21. The molecule has 2 N–H and O–H groups in total. The number of aliphatic carboxylic acids is 1. The number of urea groups is 1. The van der Waals surface area contributed by atoms with E-state index >= 15 is 0 Å². The van der Waals surface area contributed by atoms with Crippen molar-refractivity contribution < 1.29 is 19.4 Å². The van der Waals surface area contributed by atoms with Crippen LogP contribution in [-0.2, 0) is 4.79 Å². The molecule has 2 aromatic carbocycles. The average molecular weight is 437 g/mol. The number of amides is 2.